The number of benzene rings is 1. The van der Waals surface area contributed by atoms with E-state index in [0.717, 1.165) is 18.6 Å². The summed E-state index contributed by atoms with van der Waals surface area (Å²) in [6.45, 7) is 14.3. The van der Waals surface area contributed by atoms with E-state index in [4.69, 9.17) is 6.57 Å². The van der Waals surface area contributed by atoms with Gasteiger partial charge in [0.25, 0.3) is 11.4 Å². The van der Waals surface area contributed by atoms with Crippen molar-refractivity contribution in [1.82, 2.24) is 14.5 Å². The average molecular weight is 470 g/mol. The molecule has 1 unspecified atom stereocenters. The van der Waals surface area contributed by atoms with Crippen molar-refractivity contribution in [1.29, 1.82) is 0 Å². The fourth-order valence-electron chi connectivity index (χ4n) is 4.84. The molecule has 6 nitrogen and oxygen atoms in total. The first-order chi connectivity index (χ1) is 16.2. The highest BCUT2D eigenvalue weighted by Crippen LogP contribution is 2.34. The van der Waals surface area contributed by atoms with Crippen molar-refractivity contribution in [2.45, 2.75) is 45.3 Å². The van der Waals surface area contributed by atoms with Gasteiger partial charge in [-0.15, -0.1) is 4.98 Å². The molecule has 0 aliphatic carbocycles. The molecule has 3 heterocycles. The second-order valence-electron chi connectivity index (χ2n) is 8.81. The number of nitrogens with zero attached hydrogens (tertiary/aromatic N) is 5. The Morgan fingerprint density at radius 1 is 1.18 bits per heavy atom. The van der Waals surface area contributed by atoms with E-state index in [1.165, 1.54) is 4.57 Å². The van der Waals surface area contributed by atoms with Crippen LogP contribution in [0.1, 0.15) is 38.8 Å². The van der Waals surface area contributed by atoms with Gasteiger partial charge < -0.3 is 14.3 Å². The van der Waals surface area contributed by atoms with E-state index in [1.807, 2.05) is 20.8 Å². The Morgan fingerprint density at radius 2 is 1.85 bits per heavy atom. The van der Waals surface area contributed by atoms with Crippen molar-refractivity contribution in [2.75, 3.05) is 18.0 Å². The zero-order chi connectivity index (χ0) is 24.7. The number of rotatable bonds is 4. The van der Waals surface area contributed by atoms with Crippen LogP contribution in [0.15, 0.2) is 35.1 Å². The van der Waals surface area contributed by atoms with Gasteiger partial charge in [0, 0.05) is 44.3 Å². The Balaban J connectivity index is 1.73. The Labute approximate surface area is 196 Å². The lowest BCUT2D eigenvalue weighted by Crippen LogP contribution is -2.58. The van der Waals surface area contributed by atoms with E-state index in [0.29, 0.717) is 35.4 Å². The molecule has 0 amide bonds. The van der Waals surface area contributed by atoms with Gasteiger partial charge >= 0.3 is 0 Å². The van der Waals surface area contributed by atoms with Crippen LogP contribution in [0.4, 0.5) is 24.7 Å². The molecule has 1 aromatic carbocycles. The van der Waals surface area contributed by atoms with Crippen LogP contribution in [-0.4, -0.2) is 39.6 Å². The Kier molecular flexibility index (Phi) is 6.36. The monoisotopic (exact) mass is 469 g/mol. The van der Waals surface area contributed by atoms with E-state index in [2.05, 4.69) is 19.6 Å². The van der Waals surface area contributed by atoms with Crippen LogP contribution in [0.25, 0.3) is 15.9 Å². The number of aromatic nitrogens is 2. The van der Waals surface area contributed by atoms with Gasteiger partial charge in [-0.25, -0.2) is 13.2 Å². The highest BCUT2D eigenvalue weighted by Gasteiger charge is 2.36. The van der Waals surface area contributed by atoms with Crippen molar-refractivity contribution >= 4 is 22.5 Å². The molecule has 3 aromatic rings. The first-order valence-corrected chi connectivity index (χ1v) is 11.2. The Morgan fingerprint density at radius 3 is 2.47 bits per heavy atom. The van der Waals surface area contributed by atoms with Crippen LogP contribution in [0.3, 0.4) is 0 Å². The molecular weight excluding hydrogens is 443 g/mol. The molecule has 0 radical (unpaired) electrons. The van der Waals surface area contributed by atoms with Gasteiger partial charge in [0.1, 0.15) is 0 Å². The lowest BCUT2D eigenvalue weighted by Gasteiger charge is -2.48. The average Bonchev–Trinajstić information content (AvgIpc) is 2.83. The third-order valence-electron chi connectivity index (χ3n) is 6.82. The van der Waals surface area contributed by atoms with E-state index in [1.54, 1.807) is 25.2 Å². The second-order valence-corrected chi connectivity index (χ2v) is 8.81. The van der Waals surface area contributed by atoms with Crippen LogP contribution >= 0.6 is 0 Å². The summed E-state index contributed by atoms with van der Waals surface area (Å²) in [6.07, 6.45) is 0.751. The molecule has 1 aliphatic rings. The number of aryl methyl sites for hydroxylation is 1. The molecule has 1 fully saturated rings. The quantitative estimate of drug-likeness (QED) is 0.401. The smallest absolute Gasteiger partial charge is 0.270 e. The van der Waals surface area contributed by atoms with Gasteiger partial charge in [-0.3, -0.25) is 9.69 Å². The molecule has 1 aliphatic heterocycles. The largest absolute Gasteiger partial charge is 0.362 e. The molecular formula is C25H26F3N5O. The molecule has 178 valence electrons. The highest BCUT2D eigenvalue weighted by molar-refractivity contribution is 5.89. The molecule has 0 spiro atoms. The molecule has 1 saturated heterocycles. The number of fused-ring (bicyclic) bond motifs is 1. The lowest BCUT2D eigenvalue weighted by atomic mass is 9.98. The van der Waals surface area contributed by atoms with Crippen molar-refractivity contribution in [3.8, 4) is 0 Å². The van der Waals surface area contributed by atoms with E-state index >= 15 is 0 Å². The molecule has 0 N–H and O–H groups in total. The molecule has 4 rings (SSSR count). The maximum atomic E-state index is 13.9. The summed E-state index contributed by atoms with van der Waals surface area (Å²) in [6, 6.07) is 6.59. The van der Waals surface area contributed by atoms with Gasteiger partial charge in [-0.05, 0) is 50.1 Å². The zero-order valence-electron chi connectivity index (χ0n) is 19.5. The third-order valence-corrected chi connectivity index (χ3v) is 6.82. The number of anilines is 1. The summed E-state index contributed by atoms with van der Waals surface area (Å²) in [5.74, 6) is -3.62. The van der Waals surface area contributed by atoms with Crippen LogP contribution in [0.2, 0.25) is 0 Å². The van der Waals surface area contributed by atoms with Crippen molar-refractivity contribution in [3.05, 3.63) is 75.1 Å². The van der Waals surface area contributed by atoms with Crippen LogP contribution in [-0.2, 0) is 7.05 Å². The number of hydrogen-bond acceptors (Lipinski definition) is 4. The minimum Gasteiger partial charge on any atom is -0.362 e. The van der Waals surface area contributed by atoms with Crippen LogP contribution in [0.5, 0.6) is 0 Å². The summed E-state index contributed by atoms with van der Waals surface area (Å²) in [5, 5.41) is 0. The molecule has 34 heavy (non-hydrogen) atoms. The number of halogens is 3. The molecule has 0 bridgehead atoms. The van der Waals surface area contributed by atoms with Gasteiger partial charge in [0.05, 0.1) is 11.2 Å². The maximum Gasteiger partial charge on any atom is 0.270 e. The standard InChI is InChI=1S/C25H26F3N5O/c1-6-17-13-32(15(3)16-9-18(26)24(28)19(27)10-16)14(2)12-33(17)21-11-23(34)31(5)20-7-8-22(29-4)30-25(20)21/h7-11,14-15,17H,6,12-13H2,1-3,5H3/t14-,15?,17+/m1/s1. The minimum atomic E-state index is -1.47. The van der Waals surface area contributed by atoms with Gasteiger partial charge in [-0.2, -0.15) is 0 Å². The van der Waals surface area contributed by atoms with Crippen molar-refractivity contribution < 1.29 is 13.2 Å². The number of hydrogen-bond donors (Lipinski definition) is 0. The molecule has 0 saturated carbocycles. The topological polar surface area (TPSA) is 45.7 Å². The fraction of sp³-hybridized carbons (Fsp3) is 0.400. The van der Waals surface area contributed by atoms with Gasteiger partial charge in [0.2, 0.25) is 5.52 Å². The predicted octanol–water partition coefficient (Wildman–Crippen LogP) is 4.95. The molecule has 2 aromatic heterocycles. The molecule has 9 heteroatoms. The molecule has 3 atom stereocenters. The zero-order valence-corrected chi connectivity index (χ0v) is 19.5. The Bertz CT molecular complexity index is 1330. The first kappa shape index (κ1) is 23.8. The third kappa shape index (κ3) is 4.03. The van der Waals surface area contributed by atoms with Crippen molar-refractivity contribution in [2.24, 2.45) is 7.05 Å². The summed E-state index contributed by atoms with van der Waals surface area (Å²) in [7, 11) is 1.67. The summed E-state index contributed by atoms with van der Waals surface area (Å²) in [4.78, 5) is 24.9. The number of pyridine rings is 2. The number of piperazine rings is 1. The maximum absolute atomic E-state index is 13.9. The highest BCUT2D eigenvalue weighted by atomic mass is 19.2. The van der Waals surface area contributed by atoms with E-state index in [9.17, 15) is 18.0 Å². The lowest BCUT2D eigenvalue weighted by molar-refractivity contribution is 0.114. The van der Waals surface area contributed by atoms with Crippen molar-refractivity contribution in [3.63, 3.8) is 0 Å². The second kappa shape index (κ2) is 9.11. The van der Waals surface area contributed by atoms with Gasteiger partial charge in [0.15, 0.2) is 17.5 Å². The summed E-state index contributed by atoms with van der Waals surface area (Å²) in [5.41, 5.74) is 2.11. The predicted molar refractivity (Wildman–Crippen MR) is 126 cm³/mol. The Hall–Kier alpha value is -3.38. The van der Waals surface area contributed by atoms with Crippen LogP contribution in [0, 0.1) is 24.0 Å². The fourth-order valence-corrected chi connectivity index (χ4v) is 4.84. The van der Waals surface area contributed by atoms with E-state index < -0.39 is 17.5 Å². The van der Waals surface area contributed by atoms with Crippen LogP contribution < -0.4 is 10.5 Å². The summed E-state index contributed by atoms with van der Waals surface area (Å²) < 4.78 is 42.7. The normalized spacial score (nSPS) is 19.9. The minimum absolute atomic E-state index is 0.0116. The van der Waals surface area contributed by atoms with Gasteiger partial charge in [-0.1, -0.05) is 13.5 Å². The SMILES string of the molecule is [C-]#[N+]c1ccc2c(n1)c(N1C[C@@H](C)N(C(C)c3cc(F)c(F)c(F)c3)C[C@@H]1CC)cc(=O)n2C. The van der Waals surface area contributed by atoms with E-state index in [-0.39, 0.29) is 29.5 Å². The first-order valence-electron chi connectivity index (χ1n) is 11.2. The summed E-state index contributed by atoms with van der Waals surface area (Å²) >= 11 is 0.